The lowest BCUT2D eigenvalue weighted by atomic mass is 10.1. The van der Waals surface area contributed by atoms with Gasteiger partial charge in [0.1, 0.15) is 0 Å². The lowest BCUT2D eigenvalue weighted by molar-refractivity contribution is -0.383. The number of benzene rings is 2. The first-order chi connectivity index (χ1) is 11.0. The van der Waals surface area contributed by atoms with Gasteiger partial charge in [0, 0.05) is 16.1 Å². The first-order valence-electron chi connectivity index (χ1n) is 6.72. The molecule has 0 fully saturated rings. The third-order valence-electron chi connectivity index (χ3n) is 3.32. The van der Waals surface area contributed by atoms with Crippen LogP contribution in [-0.4, -0.2) is 9.91 Å². The maximum Gasteiger partial charge on any atom is 0.278 e. The maximum absolute atomic E-state index is 11.0. The van der Waals surface area contributed by atoms with E-state index >= 15 is 0 Å². The number of pyridine rings is 1. The summed E-state index contributed by atoms with van der Waals surface area (Å²) in [6.45, 7) is 0. The number of fused-ring (bicyclic) bond motifs is 1. The molecule has 0 atom stereocenters. The van der Waals surface area contributed by atoms with Gasteiger partial charge < -0.3 is 0 Å². The summed E-state index contributed by atoms with van der Waals surface area (Å²) >= 11 is 12.0. The summed E-state index contributed by atoms with van der Waals surface area (Å²) in [5.74, 6) is 0. The molecule has 0 N–H and O–H groups in total. The Hall–Kier alpha value is -2.43. The molecule has 23 heavy (non-hydrogen) atoms. The molecule has 3 aromatic rings. The van der Waals surface area contributed by atoms with Crippen LogP contribution in [0.5, 0.6) is 0 Å². The molecule has 0 saturated heterocycles. The van der Waals surface area contributed by atoms with Crippen LogP contribution in [0.2, 0.25) is 10.0 Å². The Bertz CT molecular complexity index is 939. The molecule has 0 radical (unpaired) electrons. The Balaban J connectivity index is 1.98. The van der Waals surface area contributed by atoms with Crippen LogP contribution in [0.25, 0.3) is 23.1 Å². The number of hydrogen-bond acceptors (Lipinski definition) is 3. The molecule has 1 aromatic heterocycles. The smallest absolute Gasteiger partial charge is 0.258 e. The fraction of sp³-hybridized carbons (Fsp3) is 0. The van der Waals surface area contributed by atoms with E-state index in [2.05, 4.69) is 4.98 Å². The van der Waals surface area contributed by atoms with E-state index in [9.17, 15) is 10.1 Å². The van der Waals surface area contributed by atoms with Crippen molar-refractivity contribution in [3.05, 3.63) is 79.9 Å². The Morgan fingerprint density at radius 2 is 1.87 bits per heavy atom. The van der Waals surface area contributed by atoms with Crippen LogP contribution in [0.4, 0.5) is 5.69 Å². The first kappa shape index (κ1) is 15.5. The van der Waals surface area contributed by atoms with Gasteiger partial charge in [-0.25, -0.2) is 4.98 Å². The summed E-state index contributed by atoms with van der Waals surface area (Å²) < 4.78 is 0. The summed E-state index contributed by atoms with van der Waals surface area (Å²) in [7, 11) is 0. The number of aromatic nitrogens is 1. The summed E-state index contributed by atoms with van der Waals surface area (Å²) in [5.41, 5.74) is 2.12. The molecule has 0 aliphatic heterocycles. The number of nitro groups is 1. The van der Waals surface area contributed by atoms with Gasteiger partial charge in [0.2, 0.25) is 0 Å². The molecular weight excluding hydrogens is 335 g/mol. The fourth-order valence-corrected chi connectivity index (χ4v) is 2.69. The average molecular weight is 345 g/mol. The van der Waals surface area contributed by atoms with Crippen LogP contribution >= 0.6 is 23.2 Å². The van der Waals surface area contributed by atoms with Gasteiger partial charge in [0.15, 0.2) is 0 Å². The molecule has 0 aliphatic rings. The van der Waals surface area contributed by atoms with Gasteiger partial charge in [-0.05, 0) is 42.0 Å². The van der Waals surface area contributed by atoms with E-state index in [1.54, 1.807) is 42.5 Å². The quantitative estimate of drug-likeness (QED) is 0.457. The van der Waals surface area contributed by atoms with Crippen LogP contribution < -0.4 is 0 Å². The lowest BCUT2D eigenvalue weighted by Crippen LogP contribution is -1.91. The summed E-state index contributed by atoms with van der Waals surface area (Å²) in [6, 6.07) is 13.5. The Morgan fingerprint density at radius 1 is 1.04 bits per heavy atom. The van der Waals surface area contributed by atoms with Crippen LogP contribution in [0.3, 0.4) is 0 Å². The van der Waals surface area contributed by atoms with E-state index in [0.29, 0.717) is 26.6 Å². The van der Waals surface area contributed by atoms with E-state index in [4.69, 9.17) is 23.2 Å². The van der Waals surface area contributed by atoms with Crippen molar-refractivity contribution in [2.75, 3.05) is 0 Å². The molecule has 4 nitrogen and oxygen atoms in total. The van der Waals surface area contributed by atoms with Crippen LogP contribution in [0, 0.1) is 10.1 Å². The third-order valence-corrected chi connectivity index (χ3v) is 3.89. The third kappa shape index (κ3) is 3.33. The molecule has 1 heterocycles. The minimum Gasteiger partial charge on any atom is -0.258 e. The highest BCUT2D eigenvalue weighted by molar-refractivity contribution is 6.35. The lowest BCUT2D eigenvalue weighted by Gasteiger charge is -2.01. The van der Waals surface area contributed by atoms with Crippen molar-refractivity contribution in [3.8, 4) is 0 Å². The molecule has 3 rings (SSSR count). The zero-order valence-electron chi connectivity index (χ0n) is 11.7. The highest BCUT2D eigenvalue weighted by Gasteiger charge is 2.11. The highest BCUT2D eigenvalue weighted by Crippen LogP contribution is 2.25. The van der Waals surface area contributed by atoms with Crippen molar-refractivity contribution in [3.63, 3.8) is 0 Å². The Morgan fingerprint density at radius 3 is 2.61 bits per heavy atom. The van der Waals surface area contributed by atoms with Gasteiger partial charge in [-0.2, -0.15) is 0 Å². The van der Waals surface area contributed by atoms with E-state index in [0.717, 1.165) is 5.56 Å². The predicted molar refractivity (Wildman–Crippen MR) is 93.8 cm³/mol. The van der Waals surface area contributed by atoms with E-state index in [-0.39, 0.29) is 5.69 Å². The van der Waals surface area contributed by atoms with Crippen molar-refractivity contribution < 1.29 is 4.92 Å². The second-order valence-corrected chi connectivity index (χ2v) is 5.68. The molecule has 0 aliphatic carbocycles. The van der Waals surface area contributed by atoms with E-state index in [1.807, 2.05) is 12.1 Å². The molecule has 0 saturated carbocycles. The number of nitro benzene ring substituents is 1. The normalized spacial score (nSPS) is 11.2. The second kappa shape index (κ2) is 6.36. The number of non-ortho nitro benzene ring substituents is 1. The van der Waals surface area contributed by atoms with Gasteiger partial charge in [-0.1, -0.05) is 41.4 Å². The fourth-order valence-electron chi connectivity index (χ4n) is 2.22. The van der Waals surface area contributed by atoms with Crippen LogP contribution in [0.1, 0.15) is 11.3 Å². The molecule has 2 aromatic carbocycles. The summed E-state index contributed by atoms with van der Waals surface area (Å²) in [4.78, 5) is 15.0. The molecule has 6 heteroatoms. The first-order valence-corrected chi connectivity index (χ1v) is 7.47. The largest absolute Gasteiger partial charge is 0.278 e. The van der Waals surface area contributed by atoms with Crippen LogP contribution in [0.15, 0.2) is 48.5 Å². The number of hydrogen-bond donors (Lipinski definition) is 0. The van der Waals surface area contributed by atoms with Gasteiger partial charge in [-0.3, -0.25) is 10.1 Å². The Kier molecular flexibility index (Phi) is 4.28. The summed E-state index contributed by atoms with van der Waals surface area (Å²) in [6.07, 6.45) is 3.62. The second-order valence-electron chi connectivity index (χ2n) is 4.84. The predicted octanol–water partition coefficient (Wildman–Crippen LogP) is 5.62. The number of nitrogens with zero attached hydrogens (tertiary/aromatic N) is 2. The van der Waals surface area contributed by atoms with Crippen molar-refractivity contribution in [1.29, 1.82) is 0 Å². The van der Waals surface area contributed by atoms with E-state index in [1.165, 1.54) is 6.07 Å². The van der Waals surface area contributed by atoms with E-state index < -0.39 is 4.92 Å². The topological polar surface area (TPSA) is 56.0 Å². The molecule has 114 valence electrons. The van der Waals surface area contributed by atoms with Crippen molar-refractivity contribution in [2.45, 2.75) is 0 Å². The SMILES string of the molecule is O=[N+]([O-])c1cccc2nc(C=Cc3ccc(Cl)cc3Cl)ccc12. The molecule has 0 unspecified atom stereocenters. The van der Waals surface area contributed by atoms with Gasteiger partial charge in [-0.15, -0.1) is 0 Å². The number of halogens is 2. The van der Waals surface area contributed by atoms with Crippen LogP contribution in [-0.2, 0) is 0 Å². The zero-order valence-corrected chi connectivity index (χ0v) is 13.3. The summed E-state index contributed by atoms with van der Waals surface area (Å²) in [5, 5.41) is 12.6. The zero-order chi connectivity index (χ0) is 16.4. The minimum atomic E-state index is -0.410. The standard InChI is InChI=1S/C17H10Cl2N2O2/c18-12-6-4-11(15(19)10-12)5-7-13-8-9-14-16(20-13)2-1-3-17(14)21(22)23/h1-10H. The molecule has 0 bridgehead atoms. The maximum atomic E-state index is 11.0. The minimum absolute atomic E-state index is 0.0475. The van der Waals surface area contributed by atoms with Crippen molar-refractivity contribution >= 4 is 51.9 Å². The highest BCUT2D eigenvalue weighted by atomic mass is 35.5. The van der Waals surface area contributed by atoms with Crippen molar-refractivity contribution in [1.82, 2.24) is 4.98 Å². The molecule has 0 amide bonds. The molecule has 0 spiro atoms. The Labute approximate surface area is 142 Å². The molecular formula is C17H10Cl2N2O2. The number of rotatable bonds is 3. The van der Waals surface area contributed by atoms with Gasteiger partial charge in [0.05, 0.1) is 21.5 Å². The average Bonchev–Trinajstić information content (AvgIpc) is 2.53. The monoisotopic (exact) mass is 344 g/mol. The van der Waals surface area contributed by atoms with Gasteiger partial charge in [0.25, 0.3) is 5.69 Å². The van der Waals surface area contributed by atoms with Gasteiger partial charge >= 0.3 is 0 Å². The van der Waals surface area contributed by atoms with Crippen molar-refractivity contribution in [2.24, 2.45) is 0 Å².